The SMILES string of the molecule is Clc1ccc(-c2nc(N3CCCCCC3)c3ccccc3n2)cc1Cl. The minimum absolute atomic E-state index is 0.521. The molecule has 1 aliphatic heterocycles. The zero-order valence-corrected chi connectivity index (χ0v) is 15.4. The van der Waals surface area contributed by atoms with Gasteiger partial charge in [-0.15, -0.1) is 0 Å². The smallest absolute Gasteiger partial charge is 0.162 e. The normalized spacial score (nSPS) is 15.4. The van der Waals surface area contributed by atoms with Gasteiger partial charge in [0.2, 0.25) is 0 Å². The molecule has 0 atom stereocenters. The lowest BCUT2D eigenvalue weighted by Gasteiger charge is -2.23. The Morgan fingerprint density at radius 2 is 1.56 bits per heavy atom. The molecule has 5 heteroatoms. The highest BCUT2D eigenvalue weighted by molar-refractivity contribution is 6.42. The second kappa shape index (κ2) is 7.19. The molecule has 0 unspecified atom stereocenters. The van der Waals surface area contributed by atoms with Crippen LogP contribution in [0.4, 0.5) is 5.82 Å². The summed E-state index contributed by atoms with van der Waals surface area (Å²) < 4.78 is 0. The number of para-hydroxylation sites is 1. The van der Waals surface area contributed by atoms with Gasteiger partial charge in [-0.2, -0.15) is 0 Å². The Labute approximate surface area is 157 Å². The molecule has 3 nitrogen and oxygen atoms in total. The van der Waals surface area contributed by atoms with Gasteiger partial charge in [-0.1, -0.05) is 48.2 Å². The largest absolute Gasteiger partial charge is 0.356 e. The first-order valence-electron chi connectivity index (χ1n) is 8.69. The van der Waals surface area contributed by atoms with Gasteiger partial charge >= 0.3 is 0 Å². The number of rotatable bonds is 2. The second-order valence-corrected chi connectivity index (χ2v) is 7.23. The summed E-state index contributed by atoms with van der Waals surface area (Å²) in [6.45, 7) is 2.09. The summed E-state index contributed by atoms with van der Waals surface area (Å²) in [5, 5.41) is 2.17. The standard InChI is InChI=1S/C20H19Cl2N3/c21-16-10-9-14(13-17(16)22)19-23-18-8-4-3-7-15(18)20(24-19)25-11-5-1-2-6-12-25/h3-4,7-10,13H,1-2,5-6,11-12H2. The predicted octanol–water partition coefficient (Wildman–Crippen LogP) is 5.98. The summed E-state index contributed by atoms with van der Waals surface area (Å²) in [6, 6.07) is 13.8. The number of halogens is 2. The number of aromatic nitrogens is 2. The fourth-order valence-corrected chi connectivity index (χ4v) is 3.65. The summed E-state index contributed by atoms with van der Waals surface area (Å²) in [4.78, 5) is 12.1. The third-order valence-corrected chi connectivity index (χ3v) is 5.41. The molecule has 1 fully saturated rings. The van der Waals surface area contributed by atoms with Gasteiger partial charge in [0.1, 0.15) is 5.82 Å². The van der Waals surface area contributed by atoms with Crippen molar-refractivity contribution in [3.63, 3.8) is 0 Å². The first kappa shape index (κ1) is 16.6. The molecule has 0 aliphatic carbocycles. The van der Waals surface area contributed by atoms with Crippen LogP contribution in [0.25, 0.3) is 22.3 Å². The van der Waals surface area contributed by atoms with Crippen molar-refractivity contribution in [1.82, 2.24) is 9.97 Å². The maximum atomic E-state index is 6.19. The lowest BCUT2D eigenvalue weighted by molar-refractivity contribution is 0.726. The van der Waals surface area contributed by atoms with Crippen LogP contribution >= 0.6 is 23.2 Å². The third kappa shape index (κ3) is 3.44. The molecule has 25 heavy (non-hydrogen) atoms. The van der Waals surface area contributed by atoms with E-state index in [1.807, 2.05) is 30.3 Å². The van der Waals surface area contributed by atoms with E-state index in [-0.39, 0.29) is 0 Å². The van der Waals surface area contributed by atoms with Crippen LogP contribution in [-0.4, -0.2) is 23.1 Å². The molecule has 1 aromatic heterocycles. The van der Waals surface area contributed by atoms with E-state index < -0.39 is 0 Å². The Balaban J connectivity index is 1.86. The van der Waals surface area contributed by atoms with Crippen LogP contribution in [0, 0.1) is 0 Å². The van der Waals surface area contributed by atoms with Crippen molar-refractivity contribution in [3.05, 3.63) is 52.5 Å². The maximum Gasteiger partial charge on any atom is 0.162 e. The van der Waals surface area contributed by atoms with Crippen molar-refractivity contribution in [3.8, 4) is 11.4 Å². The van der Waals surface area contributed by atoms with E-state index >= 15 is 0 Å². The predicted molar refractivity (Wildman–Crippen MR) is 106 cm³/mol. The summed E-state index contributed by atoms with van der Waals surface area (Å²) in [6.07, 6.45) is 5.00. The molecule has 0 N–H and O–H groups in total. The summed E-state index contributed by atoms with van der Waals surface area (Å²) in [5.41, 5.74) is 1.84. The molecular weight excluding hydrogens is 353 g/mol. The summed E-state index contributed by atoms with van der Waals surface area (Å²) >= 11 is 12.2. The van der Waals surface area contributed by atoms with Crippen molar-refractivity contribution in [1.29, 1.82) is 0 Å². The van der Waals surface area contributed by atoms with E-state index in [1.54, 1.807) is 6.07 Å². The Bertz CT molecular complexity index is 903. The van der Waals surface area contributed by atoms with Crippen LogP contribution in [0.15, 0.2) is 42.5 Å². The van der Waals surface area contributed by atoms with Gasteiger partial charge < -0.3 is 4.90 Å². The molecule has 0 amide bonds. The van der Waals surface area contributed by atoms with Crippen LogP contribution in [0.3, 0.4) is 0 Å². The topological polar surface area (TPSA) is 29.0 Å². The Morgan fingerprint density at radius 3 is 2.32 bits per heavy atom. The molecule has 2 aromatic carbocycles. The molecule has 2 heterocycles. The zero-order chi connectivity index (χ0) is 17.2. The van der Waals surface area contributed by atoms with E-state index in [4.69, 9.17) is 33.2 Å². The fraction of sp³-hybridized carbons (Fsp3) is 0.300. The van der Waals surface area contributed by atoms with E-state index in [0.29, 0.717) is 15.9 Å². The van der Waals surface area contributed by atoms with Gasteiger partial charge in [-0.05, 0) is 43.2 Å². The molecule has 3 aromatic rings. The highest BCUT2D eigenvalue weighted by Crippen LogP contribution is 2.31. The zero-order valence-electron chi connectivity index (χ0n) is 13.9. The van der Waals surface area contributed by atoms with E-state index in [9.17, 15) is 0 Å². The second-order valence-electron chi connectivity index (χ2n) is 6.42. The molecule has 1 saturated heterocycles. The van der Waals surface area contributed by atoms with Gasteiger partial charge in [0, 0.05) is 24.0 Å². The Hall–Kier alpha value is -1.84. The first-order chi connectivity index (χ1) is 12.2. The first-order valence-corrected chi connectivity index (χ1v) is 9.45. The van der Waals surface area contributed by atoms with E-state index in [0.717, 1.165) is 35.4 Å². The van der Waals surface area contributed by atoms with Crippen molar-refractivity contribution in [2.75, 3.05) is 18.0 Å². The van der Waals surface area contributed by atoms with Crippen LogP contribution < -0.4 is 4.90 Å². The Kier molecular flexibility index (Phi) is 4.78. The lowest BCUT2D eigenvalue weighted by Crippen LogP contribution is -2.25. The van der Waals surface area contributed by atoms with E-state index in [1.165, 1.54) is 25.7 Å². The van der Waals surface area contributed by atoms with Crippen LogP contribution in [-0.2, 0) is 0 Å². The van der Waals surface area contributed by atoms with Crippen molar-refractivity contribution >= 4 is 39.9 Å². The average molecular weight is 372 g/mol. The Morgan fingerprint density at radius 1 is 0.800 bits per heavy atom. The summed E-state index contributed by atoms with van der Waals surface area (Å²) in [5.74, 6) is 1.71. The lowest BCUT2D eigenvalue weighted by atomic mass is 10.1. The van der Waals surface area contributed by atoms with Crippen LogP contribution in [0.1, 0.15) is 25.7 Å². The molecule has 0 radical (unpaired) electrons. The van der Waals surface area contributed by atoms with Gasteiger partial charge in [-0.25, -0.2) is 9.97 Å². The number of anilines is 1. The van der Waals surface area contributed by atoms with Crippen molar-refractivity contribution in [2.24, 2.45) is 0 Å². The maximum absolute atomic E-state index is 6.19. The van der Waals surface area contributed by atoms with Gasteiger partial charge in [0.05, 0.1) is 15.6 Å². The third-order valence-electron chi connectivity index (χ3n) is 4.67. The molecule has 4 rings (SSSR count). The van der Waals surface area contributed by atoms with Gasteiger partial charge in [-0.3, -0.25) is 0 Å². The molecular formula is C20H19Cl2N3. The number of hydrogen-bond acceptors (Lipinski definition) is 3. The van der Waals surface area contributed by atoms with E-state index in [2.05, 4.69) is 11.0 Å². The number of hydrogen-bond donors (Lipinski definition) is 0. The van der Waals surface area contributed by atoms with Gasteiger partial charge in [0.15, 0.2) is 5.82 Å². The summed E-state index contributed by atoms with van der Waals surface area (Å²) in [7, 11) is 0. The molecule has 0 spiro atoms. The molecule has 128 valence electrons. The van der Waals surface area contributed by atoms with Crippen LogP contribution in [0.5, 0.6) is 0 Å². The molecule has 0 bridgehead atoms. The average Bonchev–Trinajstić information content (AvgIpc) is 2.92. The van der Waals surface area contributed by atoms with Crippen molar-refractivity contribution in [2.45, 2.75) is 25.7 Å². The quantitative estimate of drug-likeness (QED) is 0.554. The highest BCUT2D eigenvalue weighted by atomic mass is 35.5. The number of fused-ring (bicyclic) bond motifs is 1. The van der Waals surface area contributed by atoms with Crippen LogP contribution in [0.2, 0.25) is 10.0 Å². The minimum atomic E-state index is 0.521. The fourth-order valence-electron chi connectivity index (χ4n) is 3.35. The monoisotopic (exact) mass is 371 g/mol. The molecule has 0 saturated carbocycles. The number of benzene rings is 2. The van der Waals surface area contributed by atoms with Crippen molar-refractivity contribution < 1.29 is 0 Å². The molecule has 1 aliphatic rings. The highest BCUT2D eigenvalue weighted by Gasteiger charge is 2.17. The van der Waals surface area contributed by atoms with Gasteiger partial charge in [0.25, 0.3) is 0 Å². The number of nitrogens with zero attached hydrogens (tertiary/aromatic N) is 3. The minimum Gasteiger partial charge on any atom is -0.356 e.